The monoisotopic (exact) mass is 646 g/mol. The highest BCUT2D eigenvalue weighted by atomic mass is 16.7. The lowest BCUT2D eigenvalue weighted by atomic mass is 9.77. The molecule has 3 aliphatic rings. The quantitative estimate of drug-likeness (QED) is 0.147. The molecule has 3 aliphatic heterocycles. The van der Waals surface area contributed by atoms with E-state index in [4.69, 9.17) is 18.8 Å². The fraction of sp³-hybridized carbons (Fsp3) is 0.632. The Balaban J connectivity index is 1.52. The van der Waals surface area contributed by atoms with E-state index in [9.17, 15) is 9.59 Å². The summed E-state index contributed by atoms with van der Waals surface area (Å²) in [7, 11) is -0.316. The number of amides is 1. The molecule has 3 heterocycles. The van der Waals surface area contributed by atoms with E-state index < -0.39 is 40.6 Å². The molecule has 3 fully saturated rings. The molecule has 2 aromatic rings. The van der Waals surface area contributed by atoms with Crippen molar-refractivity contribution in [2.45, 2.75) is 134 Å². The van der Waals surface area contributed by atoms with Gasteiger partial charge in [-0.05, 0) is 105 Å². The number of morpholine rings is 1. The molecule has 0 bridgehead atoms. The minimum Gasteiger partial charge on any atom is -0.453 e. The van der Waals surface area contributed by atoms with Gasteiger partial charge >= 0.3 is 19.2 Å². The zero-order valence-electron chi connectivity index (χ0n) is 29.6. The van der Waals surface area contributed by atoms with E-state index in [0.29, 0.717) is 32.1 Å². The predicted molar refractivity (Wildman–Crippen MR) is 185 cm³/mol. The number of hydrogen-bond acceptors (Lipinski definition) is 7. The van der Waals surface area contributed by atoms with Gasteiger partial charge in [0, 0.05) is 6.54 Å². The van der Waals surface area contributed by atoms with E-state index >= 15 is 0 Å². The number of nitrogens with zero attached hydrogens (tertiary/aromatic N) is 2. The molecule has 5 rings (SSSR count). The summed E-state index contributed by atoms with van der Waals surface area (Å²) in [5, 5.41) is 0. The predicted octanol–water partition coefficient (Wildman–Crippen LogP) is 8.14. The van der Waals surface area contributed by atoms with E-state index in [1.165, 1.54) is 6.42 Å². The zero-order valence-corrected chi connectivity index (χ0v) is 29.6. The van der Waals surface area contributed by atoms with Gasteiger partial charge in [0.15, 0.2) is 6.10 Å². The van der Waals surface area contributed by atoms with E-state index in [1.54, 1.807) is 4.90 Å². The Labute approximate surface area is 282 Å². The van der Waals surface area contributed by atoms with Gasteiger partial charge in [-0.2, -0.15) is 0 Å². The molecular weight excluding hydrogens is 591 g/mol. The minimum absolute atomic E-state index is 0.316. The average molecular weight is 647 g/mol. The van der Waals surface area contributed by atoms with Crippen molar-refractivity contribution in [2.24, 2.45) is 0 Å². The summed E-state index contributed by atoms with van der Waals surface area (Å²) in [4.78, 5) is 33.5. The van der Waals surface area contributed by atoms with Crippen molar-refractivity contribution in [3.05, 3.63) is 71.8 Å². The van der Waals surface area contributed by atoms with Gasteiger partial charge in [0.1, 0.15) is 17.2 Å². The normalized spacial score (nSPS) is 26.2. The maximum Gasteiger partial charge on any atom is 0.457 e. The van der Waals surface area contributed by atoms with Gasteiger partial charge in [-0.25, -0.2) is 9.59 Å². The molecule has 0 aliphatic carbocycles. The topological polar surface area (TPSA) is 77.5 Å². The highest BCUT2D eigenvalue weighted by molar-refractivity contribution is 6.45. The van der Waals surface area contributed by atoms with Crippen LogP contribution in [-0.4, -0.2) is 71.0 Å². The van der Waals surface area contributed by atoms with Crippen molar-refractivity contribution >= 4 is 19.2 Å². The van der Waals surface area contributed by atoms with Crippen LogP contribution in [0.4, 0.5) is 4.79 Å². The maximum atomic E-state index is 14.7. The molecule has 2 aromatic carbocycles. The molecule has 3 atom stereocenters. The van der Waals surface area contributed by atoms with Crippen LogP contribution in [0.25, 0.3) is 0 Å². The number of piperidine rings is 1. The van der Waals surface area contributed by atoms with Crippen LogP contribution in [0.1, 0.15) is 117 Å². The van der Waals surface area contributed by atoms with Gasteiger partial charge in [0.2, 0.25) is 0 Å². The van der Waals surface area contributed by atoms with Crippen molar-refractivity contribution in [1.82, 2.24) is 9.80 Å². The molecule has 47 heavy (non-hydrogen) atoms. The summed E-state index contributed by atoms with van der Waals surface area (Å²) in [6, 6.07) is 19.1. The number of cyclic esters (lactones) is 1. The fourth-order valence-electron chi connectivity index (χ4n) is 7.16. The molecule has 8 nitrogen and oxygen atoms in total. The molecular formula is C38H55BN2O6. The van der Waals surface area contributed by atoms with Gasteiger partial charge in [-0.15, -0.1) is 0 Å². The number of benzene rings is 2. The molecule has 256 valence electrons. The number of esters is 1. The smallest absolute Gasteiger partial charge is 0.453 e. The van der Waals surface area contributed by atoms with Crippen LogP contribution in [0, 0.1) is 0 Å². The van der Waals surface area contributed by atoms with E-state index in [0.717, 1.165) is 43.5 Å². The first-order valence-corrected chi connectivity index (χ1v) is 17.6. The van der Waals surface area contributed by atoms with Gasteiger partial charge in [-0.1, -0.05) is 79.9 Å². The SMILES string of the molecule is CC(C)(C)OC(=O)N1[C@H](c2ccccc2)[C@H](c2ccccc2)OC(=O)[C@@]1(CCCCB1OC(C)(C)C(C)(C)O1)CCN1CCCCC1. The highest BCUT2D eigenvalue weighted by Gasteiger charge is 2.58. The highest BCUT2D eigenvalue weighted by Crippen LogP contribution is 2.49. The number of unbranched alkanes of at least 4 members (excludes halogenated alkanes) is 1. The van der Waals surface area contributed by atoms with Gasteiger partial charge in [0.05, 0.1) is 11.2 Å². The van der Waals surface area contributed by atoms with Crippen molar-refractivity contribution in [3.63, 3.8) is 0 Å². The third-order valence-corrected chi connectivity index (χ3v) is 10.4. The Kier molecular flexibility index (Phi) is 10.8. The number of hydrogen-bond donors (Lipinski definition) is 0. The molecule has 0 unspecified atom stereocenters. The minimum atomic E-state index is -1.22. The van der Waals surface area contributed by atoms with Gasteiger partial charge in [0.25, 0.3) is 0 Å². The first-order chi connectivity index (χ1) is 22.2. The molecule has 0 N–H and O–H groups in total. The first kappa shape index (κ1) is 35.4. The second-order valence-corrected chi connectivity index (χ2v) is 15.6. The molecule has 3 saturated heterocycles. The summed E-state index contributed by atoms with van der Waals surface area (Å²) in [6.45, 7) is 16.6. The van der Waals surface area contributed by atoms with Crippen LogP contribution in [-0.2, 0) is 23.6 Å². The largest absolute Gasteiger partial charge is 0.457 e. The van der Waals surface area contributed by atoms with Gasteiger partial charge < -0.3 is 23.7 Å². The average Bonchev–Trinajstić information content (AvgIpc) is 3.24. The number of rotatable bonds is 10. The number of likely N-dealkylation sites (tertiary alicyclic amines) is 1. The van der Waals surface area contributed by atoms with Crippen LogP contribution >= 0.6 is 0 Å². The van der Waals surface area contributed by atoms with E-state index in [1.807, 2.05) is 81.4 Å². The Hall–Kier alpha value is -2.88. The molecule has 1 amide bonds. The Morgan fingerprint density at radius 1 is 0.851 bits per heavy atom. The van der Waals surface area contributed by atoms with E-state index in [-0.39, 0.29) is 13.1 Å². The Morgan fingerprint density at radius 3 is 2.00 bits per heavy atom. The fourth-order valence-corrected chi connectivity index (χ4v) is 7.16. The summed E-state index contributed by atoms with van der Waals surface area (Å²) < 4.78 is 25.3. The van der Waals surface area contributed by atoms with Crippen molar-refractivity contribution < 1.29 is 28.4 Å². The maximum absolute atomic E-state index is 14.7. The molecule has 0 aromatic heterocycles. The first-order valence-electron chi connectivity index (χ1n) is 17.6. The molecule has 0 radical (unpaired) electrons. The summed E-state index contributed by atoms with van der Waals surface area (Å²) in [5.41, 5.74) is -1.03. The van der Waals surface area contributed by atoms with Gasteiger partial charge in [-0.3, -0.25) is 4.90 Å². The summed E-state index contributed by atoms with van der Waals surface area (Å²) >= 11 is 0. The lowest BCUT2D eigenvalue weighted by Crippen LogP contribution is -2.65. The summed E-state index contributed by atoms with van der Waals surface area (Å²) in [6.07, 6.45) is 5.41. The Morgan fingerprint density at radius 2 is 1.43 bits per heavy atom. The van der Waals surface area contributed by atoms with E-state index in [2.05, 4.69) is 32.6 Å². The third kappa shape index (κ3) is 8.06. The standard InChI is InChI=1S/C38H55BN2O6/c1-35(2,3)45-34(43)41-31(29-19-11-8-12-20-29)32(30-21-13-9-14-22-30)44-33(42)38(41,24-28-40-26-17-10-18-27-40)23-15-16-25-39-46-36(4,5)37(6,7)47-39/h8-9,11-14,19-22,31-32H,10,15-18,23-28H2,1-7H3/t31-,32+,38-/m1/s1. The number of carbonyl (C=O) groups excluding carboxylic acids is 2. The number of ether oxygens (including phenoxy) is 2. The van der Waals surface area contributed by atoms with Crippen LogP contribution < -0.4 is 0 Å². The van der Waals surface area contributed by atoms with Crippen LogP contribution in [0.3, 0.4) is 0 Å². The van der Waals surface area contributed by atoms with Crippen LogP contribution in [0.5, 0.6) is 0 Å². The molecule has 0 saturated carbocycles. The second kappa shape index (κ2) is 14.3. The second-order valence-electron chi connectivity index (χ2n) is 15.6. The van der Waals surface area contributed by atoms with Crippen LogP contribution in [0.2, 0.25) is 6.32 Å². The zero-order chi connectivity index (χ0) is 33.9. The Bertz CT molecular complexity index is 1320. The van der Waals surface area contributed by atoms with Crippen LogP contribution in [0.15, 0.2) is 60.7 Å². The lowest BCUT2D eigenvalue weighted by Gasteiger charge is -2.52. The third-order valence-electron chi connectivity index (χ3n) is 10.4. The van der Waals surface area contributed by atoms with Crippen molar-refractivity contribution in [1.29, 1.82) is 0 Å². The summed E-state index contributed by atoms with van der Waals surface area (Å²) in [5.74, 6) is -0.364. The van der Waals surface area contributed by atoms with Crippen molar-refractivity contribution in [3.8, 4) is 0 Å². The van der Waals surface area contributed by atoms with Crippen molar-refractivity contribution in [2.75, 3.05) is 19.6 Å². The molecule has 0 spiro atoms. The molecule has 9 heteroatoms. The lowest BCUT2D eigenvalue weighted by molar-refractivity contribution is -0.190. The number of carbonyl (C=O) groups is 2.